The van der Waals surface area contributed by atoms with E-state index in [1.165, 1.54) is 5.56 Å². The molecule has 2 heterocycles. The minimum atomic E-state index is 0.0784. The Balaban J connectivity index is 1.65. The van der Waals surface area contributed by atoms with Gasteiger partial charge in [0.05, 0.1) is 13.2 Å². The second kappa shape index (κ2) is 8.71. The number of carbonyl (C=O) groups is 1. The van der Waals surface area contributed by atoms with Crippen LogP contribution in [0.5, 0.6) is 0 Å². The maximum absolute atomic E-state index is 11.7. The van der Waals surface area contributed by atoms with Gasteiger partial charge < -0.3 is 10.1 Å². The van der Waals surface area contributed by atoms with Crippen LogP contribution < -0.4 is 5.32 Å². The molecule has 6 nitrogen and oxygen atoms in total. The van der Waals surface area contributed by atoms with Gasteiger partial charge in [-0.1, -0.05) is 0 Å². The van der Waals surface area contributed by atoms with Crippen LogP contribution in [0.1, 0.15) is 5.56 Å². The third kappa shape index (κ3) is 5.79. The van der Waals surface area contributed by atoms with Crippen molar-refractivity contribution in [3.05, 3.63) is 30.1 Å². The van der Waals surface area contributed by atoms with E-state index in [0.29, 0.717) is 19.7 Å². The van der Waals surface area contributed by atoms with E-state index in [4.69, 9.17) is 4.74 Å². The van der Waals surface area contributed by atoms with Gasteiger partial charge in [-0.25, -0.2) is 0 Å². The molecule has 116 valence electrons. The van der Waals surface area contributed by atoms with Gasteiger partial charge in [-0.2, -0.15) is 0 Å². The number of pyridine rings is 1. The van der Waals surface area contributed by atoms with Crippen LogP contribution in [0.25, 0.3) is 0 Å². The van der Waals surface area contributed by atoms with Crippen molar-refractivity contribution >= 4 is 5.91 Å². The van der Waals surface area contributed by atoms with Crippen molar-refractivity contribution in [3.8, 4) is 0 Å². The maximum Gasteiger partial charge on any atom is 0.234 e. The molecule has 1 aliphatic rings. The topological polar surface area (TPSA) is 57.7 Å². The van der Waals surface area contributed by atoms with E-state index >= 15 is 0 Å². The van der Waals surface area contributed by atoms with E-state index in [1.807, 2.05) is 12.4 Å². The number of hydrogen-bond donors (Lipinski definition) is 1. The first-order valence-corrected chi connectivity index (χ1v) is 7.37. The lowest BCUT2D eigenvalue weighted by Gasteiger charge is -2.34. The zero-order chi connectivity index (χ0) is 14.9. The molecule has 1 aromatic rings. The Kier molecular flexibility index (Phi) is 6.59. The largest absolute Gasteiger partial charge is 0.383 e. The molecule has 0 atom stereocenters. The van der Waals surface area contributed by atoms with Gasteiger partial charge in [-0.05, 0) is 17.7 Å². The second-order valence-corrected chi connectivity index (χ2v) is 5.25. The summed E-state index contributed by atoms with van der Waals surface area (Å²) in [5.74, 6) is 0.0784. The lowest BCUT2D eigenvalue weighted by atomic mass is 10.2. The monoisotopic (exact) mass is 292 g/mol. The zero-order valence-electron chi connectivity index (χ0n) is 12.6. The summed E-state index contributed by atoms with van der Waals surface area (Å²) in [5.41, 5.74) is 1.29. The molecule has 0 bridgehead atoms. The number of nitrogens with one attached hydrogen (secondary N) is 1. The number of piperazine rings is 1. The number of rotatable bonds is 7. The number of ether oxygens (including phenoxy) is 1. The van der Waals surface area contributed by atoms with Crippen LogP contribution in [0.4, 0.5) is 0 Å². The minimum absolute atomic E-state index is 0.0784. The first-order valence-electron chi connectivity index (χ1n) is 7.37. The predicted molar refractivity (Wildman–Crippen MR) is 80.8 cm³/mol. The molecule has 0 spiro atoms. The fourth-order valence-corrected chi connectivity index (χ4v) is 2.40. The molecule has 6 heteroatoms. The van der Waals surface area contributed by atoms with Gasteiger partial charge in [-0.3, -0.25) is 19.6 Å². The van der Waals surface area contributed by atoms with Crippen molar-refractivity contribution in [1.29, 1.82) is 0 Å². The van der Waals surface area contributed by atoms with Crippen molar-refractivity contribution in [3.63, 3.8) is 0 Å². The molecule has 0 aliphatic carbocycles. The molecule has 0 unspecified atom stereocenters. The van der Waals surface area contributed by atoms with Crippen LogP contribution in [-0.4, -0.2) is 73.7 Å². The number of nitrogens with zero attached hydrogens (tertiary/aromatic N) is 3. The summed E-state index contributed by atoms with van der Waals surface area (Å²) < 4.78 is 4.91. The molecule has 0 aromatic carbocycles. The minimum Gasteiger partial charge on any atom is -0.383 e. The SMILES string of the molecule is COCCNC(=O)CN1CCN(Cc2ccncc2)CC1. The molecule has 0 radical (unpaired) electrons. The summed E-state index contributed by atoms with van der Waals surface area (Å²) >= 11 is 0. The molecular formula is C15H24N4O2. The standard InChI is InChI=1S/C15H24N4O2/c1-21-11-6-17-15(20)13-19-9-7-18(8-10-19)12-14-2-4-16-5-3-14/h2-5H,6-13H2,1H3,(H,17,20). The Hall–Kier alpha value is -1.50. The highest BCUT2D eigenvalue weighted by Gasteiger charge is 2.18. The Bertz CT molecular complexity index is 419. The molecule has 2 rings (SSSR count). The highest BCUT2D eigenvalue weighted by Crippen LogP contribution is 2.07. The highest BCUT2D eigenvalue weighted by atomic mass is 16.5. The third-order valence-corrected chi connectivity index (χ3v) is 3.62. The molecule has 0 saturated carbocycles. The predicted octanol–water partition coefficient (Wildman–Crippen LogP) is -0.0382. The summed E-state index contributed by atoms with van der Waals surface area (Å²) in [5, 5.41) is 2.86. The molecule has 1 amide bonds. The number of aromatic nitrogens is 1. The molecule has 21 heavy (non-hydrogen) atoms. The fraction of sp³-hybridized carbons (Fsp3) is 0.600. The second-order valence-electron chi connectivity index (χ2n) is 5.25. The van der Waals surface area contributed by atoms with Gasteiger partial charge in [0.25, 0.3) is 0 Å². The van der Waals surface area contributed by atoms with Gasteiger partial charge >= 0.3 is 0 Å². The number of methoxy groups -OCH3 is 1. The van der Waals surface area contributed by atoms with E-state index in [0.717, 1.165) is 32.7 Å². The van der Waals surface area contributed by atoms with Gasteiger partial charge in [0.15, 0.2) is 0 Å². The zero-order valence-corrected chi connectivity index (χ0v) is 12.6. The van der Waals surface area contributed by atoms with Crippen LogP contribution in [0.2, 0.25) is 0 Å². The third-order valence-electron chi connectivity index (χ3n) is 3.62. The van der Waals surface area contributed by atoms with Crippen molar-refractivity contribution in [2.24, 2.45) is 0 Å². The van der Waals surface area contributed by atoms with E-state index in [2.05, 4.69) is 32.2 Å². The number of amides is 1. The van der Waals surface area contributed by atoms with Gasteiger partial charge in [-0.15, -0.1) is 0 Å². The normalized spacial score (nSPS) is 16.8. The molecule has 1 saturated heterocycles. The molecule has 1 aromatic heterocycles. The molecule has 1 N–H and O–H groups in total. The fourth-order valence-electron chi connectivity index (χ4n) is 2.40. The summed E-state index contributed by atoms with van der Waals surface area (Å²) in [6, 6.07) is 4.10. The molecular weight excluding hydrogens is 268 g/mol. The average Bonchev–Trinajstić information content (AvgIpc) is 2.51. The summed E-state index contributed by atoms with van der Waals surface area (Å²) in [6.07, 6.45) is 3.66. The van der Waals surface area contributed by atoms with E-state index in [-0.39, 0.29) is 5.91 Å². The van der Waals surface area contributed by atoms with Crippen molar-refractivity contribution in [2.45, 2.75) is 6.54 Å². The van der Waals surface area contributed by atoms with E-state index < -0.39 is 0 Å². The van der Waals surface area contributed by atoms with E-state index in [1.54, 1.807) is 7.11 Å². The lowest BCUT2D eigenvalue weighted by Crippen LogP contribution is -2.49. The van der Waals surface area contributed by atoms with E-state index in [9.17, 15) is 4.79 Å². The van der Waals surface area contributed by atoms with Crippen molar-refractivity contribution in [1.82, 2.24) is 20.1 Å². The van der Waals surface area contributed by atoms with Crippen LogP contribution in [0.3, 0.4) is 0 Å². The maximum atomic E-state index is 11.7. The van der Waals surface area contributed by atoms with Crippen LogP contribution in [-0.2, 0) is 16.1 Å². The average molecular weight is 292 g/mol. The van der Waals surface area contributed by atoms with Crippen LogP contribution in [0.15, 0.2) is 24.5 Å². The Morgan fingerprint density at radius 1 is 1.24 bits per heavy atom. The Labute approximate surface area is 126 Å². The summed E-state index contributed by atoms with van der Waals surface area (Å²) in [7, 11) is 1.63. The number of hydrogen-bond acceptors (Lipinski definition) is 5. The van der Waals surface area contributed by atoms with Gasteiger partial charge in [0, 0.05) is 58.8 Å². The quantitative estimate of drug-likeness (QED) is 0.715. The van der Waals surface area contributed by atoms with Gasteiger partial charge in [0.1, 0.15) is 0 Å². The number of carbonyl (C=O) groups excluding carboxylic acids is 1. The first kappa shape index (κ1) is 15.9. The Morgan fingerprint density at radius 3 is 2.57 bits per heavy atom. The lowest BCUT2D eigenvalue weighted by molar-refractivity contribution is -0.122. The highest BCUT2D eigenvalue weighted by molar-refractivity contribution is 5.77. The molecule has 1 fully saturated rings. The summed E-state index contributed by atoms with van der Waals surface area (Å²) in [6.45, 7) is 6.43. The molecule has 1 aliphatic heterocycles. The van der Waals surface area contributed by atoms with Crippen LogP contribution in [0, 0.1) is 0 Å². The van der Waals surface area contributed by atoms with Gasteiger partial charge in [0.2, 0.25) is 5.91 Å². The van der Waals surface area contributed by atoms with Crippen molar-refractivity contribution in [2.75, 3.05) is 53.0 Å². The first-order chi connectivity index (χ1) is 10.3. The Morgan fingerprint density at radius 2 is 1.90 bits per heavy atom. The smallest absolute Gasteiger partial charge is 0.234 e. The van der Waals surface area contributed by atoms with Crippen molar-refractivity contribution < 1.29 is 9.53 Å². The van der Waals surface area contributed by atoms with Crippen LogP contribution >= 0.6 is 0 Å². The summed E-state index contributed by atoms with van der Waals surface area (Å²) in [4.78, 5) is 20.4.